The molecule has 0 fully saturated rings. The Labute approximate surface area is 128 Å². The van der Waals surface area contributed by atoms with Crippen molar-refractivity contribution in [2.24, 2.45) is 5.92 Å². The van der Waals surface area contributed by atoms with Gasteiger partial charge in [0, 0.05) is 26.2 Å². The summed E-state index contributed by atoms with van der Waals surface area (Å²) in [5, 5.41) is 9.48. The van der Waals surface area contributed by atoms with E-state index in [4.69, 9.17) is 0 Å². The maximum absolute atomic E-state index is 9.48. The standard InChI is InChI=1S/C19H25NO/c1-2-17(16-21)13-20(14-18-9-5-3-6-10-18)15-19-11-7-4-8-12-19/h3-12,17,21H,2,13-16H2,1H3/t17-/m1/s1. The molecular weight excluding hydrogens is 258 g/mol. The zero-order chi connectivity index (χ0) is 14.9. The van der Waals surface area contributed by atoms with Crippen LogP contribution in [0.1, 0.15) is 24.5 Å². The smallest absolute Gasteiger partial charge is 0.0471 e. The molecule has 0 radical (unpaired) electrons. The Morgan fingerprint density at radius 1 is 0.857 bits per heavy atom. The van der Waals surface area contributed by atoms with Gasteiger partial charge < -0.3 is 5.11 Å². The van der Waals surface area contributed by atoms with Crippen LogP contribution >= 0.6 is 0 Å². The van der Waals surface area contributed by atoms with Crippen LogP contribution in [0.25, 0.3) is 0 Å². The Hall–Kier alpha value is -1.64. The molecule has 2 heteroatoms. The lowest BCUT2D eigenvalue weighted by atomic mass is 10.1. The Balaban J connectivity index is 2.06. The summed E-state index contributed by atoms with van der Waals surface area (Å²) in [5.41, 5.74) is 2.64. The SMILES string of the molecule is CC[C@@H](CO)CN(Cc1ccccc1)Cc1ccccc1. The van der Waals surface area contributed by atoms with Crippen molar-refractivity contribution in [1.82, 2.24) is 4.90 Å². The first-order valence-corrected chi connectivity index (χ1v) is 7.73. The van der Waals surface area contributed by atoms with Gasteiger partial charge in [0.15, 0.2) is 0 Å². The molecule has 112 valence electrons. The van der Waals surface area contributed by atoms with Crippen molar-refractivity contribution in [2.45, 2.75) is 26.4 Å². The zero-order valence-electron chi connectivity index (χ0n) is 12.8. The molecule has 1 N–H and O–H groups in total. The molecule has 0 aliphatic rings. The fraction of sp³-hybridized carbons (Fsp3) is 0.368. The van der Waals surface area contributed by atoms with Crippen molar-refractivity contribution in [2.75, 3.05) is 13.2 Å². The quantitative estimate of drug-likeness (QED) is 0.798. The number of hydrogen-bond acceptors (Lipinski definition) is 2. The number of rotatable bonds is 8. The average molecular weight is 283 g/mol. The molecule has 0 heterocycles. The van der Waals surface area contributed by atoms with Crippen molar-refractivity contribution in [3.8, 4) is 0 Å². The van der Waals surface area contributed by atoms with Gasteiger partial charge in [0.1, 0.15) is 0 Å². The Bertz CT molecular complexity index is 452. The van der Waals surface area contributed by atoms with E-state index in [1.807, 2.05) is 12.1 Å². The van der Waals surface area contributed by atoms with E-state index in [-0.39, 0.29) is 6.61 Å². The molecule has 0 unspecified atom stereocenters. The lowest BCUT2D eigenvalue weighted by molar-refractivity contribution is 0.151. The van der Waals surface area contributed by atoms with E-state index in [1.54, 1.807) is 0 Å². The van der Waals surface area contributed by atoms with E-state index in [9.17, 15) is 5.11 Å². The van der Waals surface area contributed by atoms with Crippen molar-refractivity contribution in [1.29, 1.82) is 0 Å². The maximum Gasteiger partial charge on any atom is 0.0471 e. The minimum absolute atomic E-state index is 0.260. The molecule has 0 amide bonds. The maximum atomic E-state index is 9.48. The van der Waals surface area contributed by atoms with Crippen molar-refractivity contribution in [3.05, 3.63) is 71.8 Å². The topological polar surface area (TPSA) is 23.5 Å². The Kier molecular flexibility index (Phi) is 6.45. The van der Waals surface area contributed by atoms with Gasteiger partial charge in [-0.2, -0.15) is 0 Å². The highest BCUT2D eigenvalue weighted by Gasteiger charge is 2.13. The second-order valence-electron chi connectivity index (χ2n) is 5.60. The monoisotopic (exact) mass is 283 g/mol. The summed E-state index contributed by atoms with van der Waals surface area (Å²) in [6, 6.07) is 21.1. The highest BCUT2D eigenvalue weighted by atomic mass is 16.3. The molecule has 0 aliphatic carbocycles. The largest absolute Gasteiger partial charge is 0.396 e. The number of aliphatic hydroxyl groups is 1. The van der Waals surface area contributed by atoms with Crippen LogP contribution in [0.15, 0.2) is 60.7 Å². The molecule has 0 spiro atoms. The molecule has 2 aromatic carbocycles. The second kappa shape index (κ2) is 8.60. The van der Waals surface area contributed by atoms with Crippen molar-refractivity contribution < 1.29 is 5.11 Å². The minimum atomic E-state index is 0.260. The minimum Gasteiger partial charge on any atom is -0.396 e. The molecule has 0 bridgehead atoms. The summed E-state index contributed by atoms with van der Waals surface area (Å²) in [6.45, 7) is 5.18. The molecule has 21 heavy (non-hydrogen) atoms. The predicted octanol–water partition coefficient (Wildman–Crippen LogP) is 3.71. The first-order valence-electron chi connectivity index (χ1n) is 7.73. The molecule has 2 rings (SSSR count). The zero-order valence-corrected chi connectivity index (χ0v) is 12.8. The average Bonchev–Trinajstić information content (AvgIpc) is 2.54. The summed E-state index contributed by atoms with van der Waals surface area (Å²) in [7, 11) is 0. The van der Waals surface area contributed by atoms with Crippen LogP contribution < -0.4 is 0 Å². The van der Waals surface area contributed by atoms with Gasteiger partial charge in [0.05, 0.1) is 0 Å². The van der Waals surface area contributed by atoms with Gasteiger partial charge in [-0.05, 0) is 23.5 Å². The Morgan fingerprint density at radius 3 is 1.71 bits per heavy atom. The fourth-order valence-corrected chi connectivity index (χ4v) is 2.55. The fourth-order valence-electron chi connectivity index (χ4n) is 2.55. The second-order valence-corrected chi connectivity index (χ2v) is 5.60. The van der Waals surface area contributed by atoms with E-state index in [2.05, 4.69) is 60.4 Å². The molecule has 2 nitrogen and oxygen atoms in total. The summed E-state index contributed by atoms with van der Waals surface area (Å²) < 4.78 is 0. The van der Waals surface area contributed by atoms with Gasteiger partial charge in [-0.3, -0.25) is 4.90 Å². The van der Waals surface area contributed by atoms with Crippen LogP contribution in [0.3, 0.4) is 0 Å². The van der Waals surface area contributed by atoms with E-state index in [0.29, 0.717) is 5.92 Å². The van der Waals surface area contributed by atoms with E-state index < -0.39 is 0 Å². The summed E-state index contributed by atoms with van der Waals surface area (Å²) in [4.78, 5) is 2.43. The van der Waals surface area contributed by atoms with Crippen LogP contribution in [0.4, 0.5) is 0 Å². The molecule has 1 atom stereocenters. The molecular formula is C19H25NO. The lowest BCUT2D eigenvalue weighted by Gasteiger charge is -2.26. The van der Waals surface area contributed by atoms with Gasteiger partial charge in [-0.1, -0.05) is 67.6 Å². The van der Waals surface area contributed by atoms with E-state index in [0.717, 1.165) is 26.1 Å². The molecule has 0 aliphatic heterocycles. The number of hydrogen-bond donors (Lipinski definition) is 1. The third-order valence-electron chi connectivity index (χ3n) is 3.85. The van der Waals surface area contributed by atoms with Gasteiger partial charge in [-0.25, -0.2) is 0 Å². The molecule has 0 aromatic heterocycles. The normalized spacial score (nSPS) is 12.5. The number of nitrogens with zero attached hydrogens (tertiary/aromatic N) is 1. The molecule has 0 saturated carbocycles. The summed E-state index contributed by atoms with van der Waals surface area (Å²) in [5.74, 6) is 0.345. The van der Waals surface area contributed by atoms with Crippen LogP contribution in [-0.4, -0.2) is 23.2 Å². The van der Waals surface area contributed by atoms with Gasteiger partial charge in [0.2, 0.25) is 0 Å². The highest BCUT2D eigenvalue weighted by Crippen LogP contribution is 2.13. The van der Waals surface area contributed by atoms with Crippen molar-refractivity contribution in [3.63, 3.8) is 0 Å². The van der Waals surface area contributed by atoms with Gasteiger partial charge in [-0.15, -0.1) is 0 Å². The van der Waals surface area contributed by atoms with E-state index in [1.165, 1.54) is 11.1 Å². The van der Waals surface area contributed by atoms with Gasteiger partial charge in [0.25, 0.3) is 0 Å². The third-order valence-corrected chi connectivity index (χ3v) is 3.85. The number of aliphatic hydroxyl groups excluding tert-OH is 1. The molecule has 2 aromatic rings. The van der Waals surface area contributed by atoms with Crippen LogP contribution in [-0.2, 0) is 13.1 Å². The third kappa shape index (κ3) is 5.33. The van der Waals surface area contributed by atoms with Crippen LogP contribution in [0.2, 0.25) is 0 Å². The first-order chi connectivity index (χ1) is 10.3. The van der Waals surface area contributed by atoms with Crippen LogP contribution in [0.5, 0.6) is 0 Å². The number of benzene rings is 2. The predicted molar refractivity (Wildman–Crippen MR) is 87.9 cm³/mol. The van der Waals surface area contributed by atoms with Crippen LogP contribution in [0, 0.1) is 5.92 Å². The highest BCUT2D eigenvalue weighted by molar-refractivity contribution is 5.17. The van der Waals surface area contributed by atoms with Crippen molar-refractivity contribution >= 4 is 0 Å². The summed E-state index contributed by atoms with van der Waals surface area (Å²) >= 11 is 0. The first kappa shape index (κ1) is 15.7. The van der Waals surface area contributed by atoms with Gasteiger partial charge >= 0.3 is 0 Å². The Morgan fingerprint density at radius 2 is 1.33 bits per heavy atom. The molecule has 0 saturated heterocycles. The summed E-state index contributed by atoms with van der Waals surface area (Å²) in [6.07, 6.45) is 1.01. The lowest BCUT2D eigenvalue weighted by Crippen LogP contribution is -2.30. The van der Waals surface area contributed by atoms with E-state index >= 15 is 0 Å².